The number of amides is 3. The van der Waals surface area contributed by atoms with Gasteiger partial charge in [-0.15, -0.1) is 0 Å². The van der Waals surface area contributed by atoms with Gasteiger partial charge in [-0.25, -0.2) is 0 Å². The highest BCUT2D eigenvalue weighted by Gasteiger charge is 2.44. The van der Waals surface area contributed by atoms with Crippen LogP contribution in [0.5, 0.6) is 0 Å². The molecule has 2 heterocycles. The summed E-state index contributed by atoms with van der Waals surface area (Å²) in [5, 5.41) is 3.28. The second kappa shape index (κ2) is 9.52. The van der Waals surface area contributed by atoms with Crippen LogP contribution in [0.2, 0.25) is 5.02 Å². The summed E-state index contributed by atoms with van der Waals surface area (Å²) in [6, 6.07) is 14.1. The van der Waals surface area contributed by atoms with Gasteiger partial charge in [-0.2, -0.15) is 0 Å². The Morgan fingerprint density at radius 3 is 2.59 bits per heavy atom. The quantitative estimate of drug-likeness (QED) is 0.449. The van der Waals surface area contributed by atoms with Crippen molar-refractivity contribution < 1.29 is 14.4 Å². The largest absolute Gasteiger partial charge is 0.324 e. The fourth-order valence-corrected chi connectivity index (χ4v) is 6.41. The van der Waals surface area contributed by atoms with Gasteiger partial charge in [-0.3, -0.25) is 24.2 Å². The predicted molar refractivity (Wildman–Crippen MR) is 140 cm³/mol. The van der Waals surface area contributed by atoms with Crippen molar-refractivity contribution in [1.82, 2.24) is 4.90 Å². The first kappa shape index (κ1) is 23.1. The van der Waals surface area contributed by atoms with E-state index in [-0.39, 0.29) is 30.3 Å². The summed E-state index contributed by atoms with van der Waals surface area (Å²) in [5.41, 5.74) is 2.12. The molecule has 1 N–H and O–H groups in total. The standard InChI is InChI=1S/C25H22ClN3O3S2/c26-15-7-6-8-16(13-15)27-20(30)14-28-19-12-5-4-11-18(19)21(23(28)31)22-24(32)29(25(33)34-22)17-9-2-1-3-10-17/h4-8,11-13,17H,1-3,9-10,14H2,(H,27,30). The first-order chi connectivity index (χ1) is 16.4. The van der Waals surface area contributed by atoms with Crippen molar-refractivity contribution in [3.63, 3.8) is 0 Å². The SMILES string of the molecule is O=C(CN1C(=O)C(=C2SC(=S)N(C3CCCCC3)C2=O)c2ccccc21)Nc1cccc(Cl)c1. The number of hydrogen-bond donors (Lipinski definition) is 1. The van der Waals surface area contributed by atoms with Gasteiger partial charge in [0.05, 0.1) is 16.2 Å². The normalized spacial score (nSPS) is 20.8. The molecule has 0 spiro atoms. The van der Waals surface area contributed by atoms with Gasteiger partial charge in [0.1, 0.15) is 10.9 Å². The lowest BCUT2D eigenvalue weighted by molar-refractivity contribution is -0.124. The average Bonchev–Trinajstić information content (AvgIpc) is 3.26. The number of nitrogens with zero attached hydrogens (tertiary/aromatic N) is 2. The van der Waals surface area contributed by atoms with Crippen LogP contribution in [-0.4, -0.2) is 39.5 Å². The summed E-state index contributed by atoms with van der Waals surface area (Å²) in [7, 11) is 0. The Balaban J connectivity index is 1.44. The van der Waals surface area contributed by atoms with Gasteiger partial charge < -0.3 is 5.32 Å². The number of para-hydroxylation sites is 1. The molecule has 0 aromatic heterocycles. The molecule has 0 atom stereocenters. The first-order valence-electron chi connectivity index (χ1n) is 11.2. The topological polar surface area (TPSA) is 69.7 Å². The van der Waals surface area contributed by atoms with Crippen LogP contribution < -0.4 is 10.2 Å². The maximum absolute atomic E-state index is 13.6. The molecular weight excluding hydrogens is 490 g/mol. The van der Waals surface area contributed by atoms with E-state index < -0.39 is 0 Å². The highest BCUT2D eigenvalue weighted by atomic mass is 35.5. The van der Waals surface area contributed by atoms with E-state index in [9.17, 15) is 14.4 Å². The molecule has 2 aromatic carbocycles. The monoisotopic (exact) mass is 511 g/mol. The highest BCUT2D eigenvalue weighted by Crippen LogP contribution is 2.45. The van der Waals surface area contributed by atoms with Crippen LogP contribution in [0, 0.1) is 0 Å². The Hall–Kier alpha value is -2.68. The molecule has 1 aliphatic carbocycles. The maximum atomic E-state index is 13.6. The van der Waals surface area contributed by atoms with E-state index in [0.717, 1.165) is 25.7 Å². The number of thiocarbonyl (C=S) groups is 1. The number of fused-ring (bicyclic) bond motifs is 1. The molecule has 34 heavy (non-hydrogen) atoms. The van der Waals surface area contributed by atoms with E-state index in [0.29, 0.717) is 36.8 Å². The molecule has 2 aliphatic heterocycles. The molecule has 1 saturated carbocycles. The molecule has 0 radical (unpaired) electrons. The van der Waals surface area contributed by atoms with E-state index >= 15 is 0 Å². The van der Waals surface area contributed by atoms with Gasteiger partial charge in [0, 0.05) is 22.3 Å². The van der Waals surface area contributed by atoms with Gasteiger partial charge in [0.15, 0.2) is 0 Å². The molecule has 5 rings (SSSR count). The number of halogens is 1. The van der Waals surface area contributed by atoms with Crippen molar-refractivity contribution in [2.24, 2.45) is 0 Å². The van der Waals surface area contributed by atoms with E-state index in [1.54, 1.807) is 35.2 Å². The molecule has 2 aromatic rings. The number of rotatable bonds is 4. The Morgan fingerprint density at radius 2 is 1.82 bits per heavy atom. The van der Waals surface area contributed by atoms with E-state index in [1.807, 2.05) is 18.2 Å². The fourth-order valence-electron chi connectivity index (χ4n) is 4.75. The smallest absolute Gasteiger partial charge is 0.267 e. The molecular formula is C25H22ClN3O3S2. The van der Waals surface area contributed by atoms with Crippen molar-refractivity contribution in [3.8, 4) is 0 Å². The molecule has 3 aliphatic rings. The lowest BCUT2D eigenvalue weighted by atomic mass is 9.94. The van der Waals surface area contributed by atoms with Crippen LogP contribution in [0.25, 0.3) is 5.57 Å². The third-order valence-corrected chi connectivity index (χ3v) is 7.94. The molecule has 6 nitrogen and oxygen atoms in total. The predicted octanol–water partition coefficient (Wildman–Crippen LogP) is 5.23. The van der Waals surface area contributed by atoms with Crippen molar-refractivity contribution in [2.75, 3.05) is 16.8 Å². The molecule has 9 heteroatoms. The summed E-state index contributed by atoms with van der Waals surface area (Å²) in [4.78, 5) is 43.3. The van der Waals surface area contributed by atoms with Crippen LogP contribution in [0.4, 0.5) is 11.4 Å². The Kier molecular flexibility index (Phi) is 6.46. The number of carbonyl (C=O) groups excluding carboxylic acids is 3. The van der Waals surface area contributed by atoms with Crippen LogP contribution in [0.3, 0.4) is 0 Å². The van der Waals surface area contributed by atoms with Crippen LogP contribution in [0.1, 0.15) is 37.7 Å². The zero-order valence-corrected chi connectivity index (χ0v) is 20.6. The molecule has 1 saturated heterocycles. The Labute approximate surface area is 212 Å². The van der Waals surface area contributed by atoms with Gasteiger partial charge in [0.2, 0.25) is 5.91 Å². The fraction of sp³-hybridized carbons (Fsp3) is 0.280. The third-order valence-electron chi connectivity index (χ3n) is 6.30. The number of nitrogens with one attached hydrogen (secondary N) is 1. The number of hydrogen-bond acceptors (Lipinski definition) is 5. The zero-order valence-electron chi connectivity index (χ0n) is 18.3. The summed E-state index contributed by atoms with van der Waals surface area (Å²) in [6.45, 7) is -0.186. The molecule has 3 amide bonds. The van der Waals surface area contributed by atoms with Gasteiger partial charge in [0.25, 0.3) is 11.8 Å². The van der Waals surface area contributed by atoms with Crippen molar-refractivity contribution in [1.29, 1.82) is 0 Å². The Bertz CT molecular complexity index is 1240. The number of benzene rings is 2. The highest BCUT2D eigenvalue weighted by molar-refractivity contribution is 8.26. The minimum absolute atomic E-state index is 0.0886. The van der Waals surface area contributed by atoms with Crippen molar-refractivity contribution >= 4 is 74.6 Å². The van der Waals surface area contributed by atoms with E-state index in [4.69, 9.17) is 23.8 Å². The van der Waals surface area contributed by atoms with Crippen LogP contribution in [0.15, 0.2) is 53.4 Å². The minimum Gasteiger partial charge on any atom is -0.324 e. The number of carbonyl (C=O) groups is 3. The van der Waals surface area contributed by atoms with E-state index in [2.05, 4.69) is 5.32 Å². The summed E-state index contributed by atoms with van der Waals surface area (Å²) >= 11 is 12.8. The summed E-state index contributed by atoms with van der Waals surface area (Å²) in [5.74, 6) is -0.932. The van der Waals surface area contributed by atoms with Crippen molar-refractivity contribution in [2.45, 2.75) is 38.1 Å². The second-order valence-corrected chi connectivity index (χ2v) is 10.6. The van der Waals surface area contributed by atoms with Crippen LogP contribution >= 0.6 is 35.6 Å². The lowest BCUT2D eigenvalue weighted by Gasteiger charge is -2.29. The summed E-state index contributed by atoms with van der Waals surface area (Å²) in [6.07, 6.45) is 5.17. The number of thioether (sulfide) groups is 1. The van der Waals surface area contributed by atoms with Gasteiger partial charge in [-0.1, -0.05) is 79.1 Å². The number of anilines is 2. The average molecular weight is 512 g/mol. The van der Waals surface area contributed by atoms with E-state index in [1.165, 1.54) is 23.1 Å². The summed E-state index contributed by atoms with van der Waals surface area (Å²) < 4.78 is 0.502. The first-order valence-corrected chi connectivity index (χ1v) is 12.8. The van der Waals surface area contributed by atoms with Crippen LogP contribution in [-0.2, 0) is 14.4 Å². The van der Waals surface area contributed by atoms with Gasteiger partial charge in [-0.05, 0) is 37.1 Å². The second-order valence-electron chi connectivity index (χ2n) is 8.51. The molecule has 0 bridgehead atoms. The third kappa shape index (κ3) is 4.26. The molecule has 2 fully saturated rings. The molecule has 0 unspecified atom stereocenters. The van der Waals surface area contributed by atoms with Crippen molar-refractivity contribution in [3.05, 3.63) is 64.0 Å². The van der Waals surface area contributed by atoms with Gasteiger partial charge >= 0.3 is 0 Å². The maximum Gasteiger partial charge on any atom is 0.267 e. The minimum atomic E-state index is -0.369. The Morgan fingerprint density at radius 1 is 1.06 bits per heavy atom. The zero-order chi connectivity index (χ0) is 23.8. The molecule has 174 valence electrons. The lowest BCUT2D eigenvalue weighted by Crippen LogP contribution is -2.40.